The predicted octanol–water partition coefficient (Wildman–Crippen LogP) is 3.73. The third kappa shape index (κ3) is 5.14. The lowest BCUT2D eigenvalue weighted by Crippen LogP contribution is -2.08. The highest BCUT2D eigenvalue weighted by Gasteiger charge is 2.03. The predicted molar refractivity (Wildman–Crippen MR) is 95.2 cm³/mol. The molecule has 1 aromatic carbocycles. The van der Waals surface area contributed by atoms with E-state index in [1.807, 2.05) is 11.6 Å². The monoisotopic (exact) mass is 330 g/mol. The van der Waals surface area contributed by atoms with Crippen molar-refractivity contribution in [1.82, 2.24) is 9.78 Å². The molecule has 21 heavy (non-hydrogen) atoms. The molecule has 118 valence electrons. The SMILES string of the molecule is CCn1cc(NCc2ccc(N(C)C)cc2)c(C)n1.Cl.Cl. The molecular formula is C15H24Cl2N4. The summed E-state index contributed by atoms with van der Waals surface area (Å²) in [5, 5.41) is 7.86. The fraction of sp³-hybridized carbons (Fsp3) is 0.400. The second kappa shape index (κ2) is 8.80. The molecule has 0 atom stereocenters. The summed E-state index contributed by atoms with van der Waals surface area (Å²) in [5.41, 5.74) is 4.65. The number of aryl methyl sites for hydroxylation is 2. The van der Waals surface area contributed by atoms with E-state index in [1.54, 1.807) is 0 Å². The molecule has 1 N–H and O–H groups in total. The van der Waals surface area contributed by atoms with Crippen molar-refractivity contribution in [2.45, 2.75) is 26.9 Å². The fourth-order valence-electron chi connectivity index (χ4n) is 1.96. The number of nitrogens with one attached hydrogen (secondary N) is 1. The van der Waals surface area contributed by atoms with Crippen molar-refractivity contribution in [2.24, 2.45) is 0 Å². The van der Waals surface area contributed by atoms with Crippen molar-refractivity contribution < 1.29 is 0 Å². The number of halogens is 2. The zero-order chi connectivity index (χ0) is 13.8. The number of aromatic nitrogens is 2. The maximum atomic E-state index is 4.43. The smallest absolute Gasteiger partial charge is 0.0825 e. The van der Waals surface area contributed by atoms with Crippen LogP contribution in [0.4, 0.5) is 11.4 Å². The molecule has 0 unspecified atom stereocenters. The summed E-state index contributed by atoms with van der Waals surface area (Å²) < 4.78 is 1.95. The van der Waals surface area contributed by atoms with Gasteiger partial charge in [-0.2, -0.15) is 5.10 Å². The molecule has 0 radical (unpaired) electrons. The van der Waals surface area contributed by atoms with Gasteiger partial charge in [-0.15, -0.1) is 24.8 Å². The van der Waals surface area contributed by atoms with Crippen LogP contribution in [-0.4, -0.2) is 23.9 Å². The van der Waals surface area contributed by atoms with Gasteiger partial charge in [0, 0.05) is 39.1 Å². The maximum Gasteiger partial charge on any atom is 0.0825 e. The Kier molecular flexibility index (Phi) is 8.22. The Balaban J connectivity index is 0.00000200. The van der Waals surface area contributed by atoms with Gasteiger partial charge < -0.3 is 10.2 Å². The quantitative estimate of drug-likeness (QED) is 0.906. The van der Waals surface area contributed by atoms with Gasteiger partial charge in [0.1, 0.15) is 0 Å². The van der Waals surface area contributed by atoms with Crippen molar-refractivity contribution in [3.63, 3.8) is 0 Å². The molecule has 0 aliphatic rings. The van der Waals surface area contributed by atoms with Gasteiger partial charge >= 0.3 is 0 Å². The van der Waals surface area contributed by atoms with Crippen LogP contribution in [0.25, 0.3) is 0 Å². The molecule has 0 spiro atoms. The number of anilines is 2. The minimum Gasteiger partial charge on any atom is -0.378 e. The lowest BCUT2D eigenvalue weighted by atomic mass is 10.2. The number of benzene rings is 1. The summed E-state index contributed by atoms with van der Waals surface area (Å²) in [4.78, 5) is 2.10. The first-order valence-electron chi connectivity index (χ1n) is 6.64. The molecule has 4 nitrogen and oxygen atoms in total. The van der Waals surface area contributed by atoms with Crippen LogP contribution in [0.15, 0.2) is 30.5 Å². The lowest BCUT2D eigenvalue weighted by molar-refractivity contribution is 0.653. The minimum atomic E-state index is 0. The van der Waals surface area contributed by atoms with Gasteiger partial charge in [0.05, 0.1) is 11.4 Å². The molecule has 1 aromatic heterocycles. The van der Waals surface area contributed by atoms with Crippen molar-refractivity contribution in [1.29, 1.82) is 0 Å². The first-order chi connectivity index (χ1) is 9.10. The van der Waals surface area contributed by atoms with Crippen LogP contribution in [0.5, 0.6) is 0 Å². The molecule has 1 heterocycles. The standard InChI is InChI=1S/C15H22N4.2ClH/c1-5-19-11-15(12(2)17-19)16-10-13-6-8-14(9-7-13)18(3)4;;/h6-9,11,16H,5,10H2,1-4H3;2*1H. The van der Waals surface area contributed by atoms with E-state index in [1.165, 1.54) is 11.3 Å². The van der Waals surface area contributed by atoms with Gasteiger partial charge in [0.15, 0.2) is 0 Å². The van der Waals surface area contributed by atoms with E-state index >= 15 is 0 Å². The number of rotatable bonds is 5. The van der Waals surface area contributed by atoms with Crippen LogP contribution >= 0.6 is 24.8 Å². The second-order valence-corrected chi connectivity index (χ2v) is 4.90. The molecule has 0 fully saturated rings. The summed E-state index contributed by atoms with van der Waals surface area (Å²) in [6, 6.07) is 8.59. The summed E-state index contributed by atoms with van der Waals surface area (Å²) in [6.07, 6.45) is 2.06. The Hall–Kier alpha value is -1.39. The molecule has 0 saturated carbocycles. The number of hydrogen-bond acceptors (Lipinski definition) is 3. The van der Waals surface area contributed by atoms with E-state index in [4.69, 9.17) is 0 Å². The molecule has 6 heteroatoms. The van der Waals surface area contributed by atoms with Crippen LogP contribution in [0, 0.1) is 6.92 Å². The summed E-state index contributed by atoms with van der Waals surface area (Å²) >= 11 is 0. The maximum absolute atomic E-state index is 4.43. The van der Waals surface area contributed by atoms with Crippen LogP contribution in [0.2, 0.25) is 0 Å². The fourth-order valence-corrected chi connectivity index (χ4v) is 1.96. The molecule has 0 saturated heterocycles. The van der Waals surface area contributed by atoms with Crippen LogP contribution < -0.4 is 10.2 Å². The van der Waals surface area contributed by atoms with Crippen molar-refractivity contribution in [2.75, 3.05) is 24.3 Å². The molecule has 0 amide bonds. The second-order valence-electron chi connectivity index (χ2n) is 4.90. The lowest BCUT2D eigenvalue weighted by Gasteiger charge is -2.13. The van der Waals surface area contributed by atoms with Crippen LogP contribution in [0.3, 0.4) is 0 Å². The average molecular weight is 331 g/mol. The molecule has 2 aromatic rings. The zero-order valence-corrected chi connectivity index (χ0v) is 14.6. The Morgan fingerprint density at radius 2 is 1.76 bits per heavy atom. The highest BCUT2D eigenvalue weighted by Crippen LogP contribution is 2.16. The molecule has 0 bridgehead atoms. The van der Waals surface area contributed by atoms with E-state index in [0.29, 0.717) is 0 Å². The average Bonchev–Trinajstić information content (AvgIpc) is 2.77. The first-order valence-corrected chi connectivity index (χ1v) is 6.64. The summed E-state index contributed by atoms with van der Waals surface area (Å²) in [7, 11) is 4.10. The van der Waals surface area contributed by atoms with Crippen LogP contribution in [0.1, 0.15) is 18.2 Å². The van der Waals surface area contributed by atoms with Gasteiger partial charge in [-0.3, -0.25) is 4.68 Å². The molecule has 0 aliphatic heterocycles. The van der Waals surface area contributed by atoms with Crippen molar-refractivity contribution in [3.05, 3.63) is 41.7 Å². The topological polar surface area (TPSA) is 33.1 Å². The normalized spacial score (nSPS) is 9.52. The van der Waals surface area contributed by atoms with Gasteiger partial charge in [-0.25, -0.2) is 0 Å². The third-order valence-electron chi connectivity index (χ3n) is 3.21. The summed E-state index contributed by atoms with van der Waals surface area (Å²) in [5.74, 6) is 0. The molecule has 2 rings (SSSR count). The number of nitrogens with zero attached hydrogens (tertiary/aromatic N) is 3. The Labute approximate surface area is 139 Å². The Bertz CT molecular complexity index is 535. The van der Waals surface area contributed by atoms with Crippen LogP contribution in [-0.2, 0) is 13.1 Å². The van der Waals surface area contributed by atoms with Gasteiger partial charge in [0.2, 0.25) is 0 Å². The van der Waals surface area contributed by atoms with E-state index < -0.39 is 0 Å². The highest BCUT2D eigenvalue weighted by molar-refractivity contribution is 5.85. The van der Waals surface area contributed by atoms with Crippen molar-refractivity contribution in [3.8, 4) is 0 Å². The van der Waals surface area contributed by atoms with Crippen molar-refractivity contribution >= 4 is 36.2 Å². The van der Waals surface area contributed by atoms with Gasteiger partial charge in [-0.1, -0.05) is 12.1 Å². The van der Waals surface area contributed by atoms with E-state index in [9.17, 15) is 0 Å². The van der Waals surface area contributed by atoms with E-state index in [-0.39, 0.29) is 24.8 Å². The van der Waals surface area contributed by atoms with Gasteiger partial charge in [-0.05, 0) is 31.5 Å². The molecule has 0 aliphatic carbocycles. The summed E-state index contributed by atoms with van der Waals surface area (Å²) in [6.45, 7) is 5.85. The van der Waals surface area contributed by atoms with E-state index in [0.717, 1.165) is 24.5 Å². The highest BCUT2D eigenvalue weighted by atomic mass is 35.5. The van der Waals surface area contributed by atoms with E-state index in [2.05, 4.69) is 66.8 Å². The Morgan fingerprint density at radius 3 is 2.24 bits per heavy atom. The zero-order valence-electron chi connectivity index (χ0n) is 13.0. The third-order valence-corrected chi connectivity index (χ3v) is 3.21. The Morgan fingerprint density at radius 1 is 1.14 bits per heavy atom. The number of hydrogen-bond donors (Lipinski definition) is 1. The largest absolute Gasteiger partial charge is 0.378 e. The van der Waals surface area contributed by atoms with Gasteiger partial charge in [0.25, 0.3) is 0 Å². The molecular weight excluding hydrogens is 307 g/mol. The minimum absolute atomic E-state index is 0. The first kappa shape index (κ1) is 19.6.